The van der Waals surface area contributed by atoms with Crippen molar-refractivity contribution in [2.45, 2.75) is 58.5 Å². The van der Waals surface area contributed by atoms with Crippen LogP contribution in [0.1, 0.15) is 63.1 Å². The normalized spacial score (nSPS) is 26.0. The Morgan fingerprint density at radius 2 is 1.95 bits per heavy atom. The van der Waals surface area contributed by atoms with Crippen LogP contribution >= 0.6 is 0 Å². The van der Waals surface area contributed by atoms with Crippen LogP contribution in [-0.4, -0.2) is 23.2 Å². The van der Waals surface area contributed by atoms with Crippen LogP contribution < -0.4 is 4.90 Å². The number of piperidine rings is 1. The van der Waals surface area contributed by atoms with Gasteiger partial charge in [-0.1, -0.05) is 33.1 Å². The largest absolute Gasteiger partial charge is 0.392 e. The first kappa shape index (κ1) is 14.8. The van der Waals surface area contributed by atoms with Crippen molar-refractivity contribution in [1.82, 2.24) is 4.98 Å². The number of hydrogen-bond acceptors (Lipinski definition) is 3. The number of aromatic nitrogens is 1. The number of anilines is 1. The molecule has 0 radical (unpaired) electrons. The fraction of sp³-hybridized carbons (Fsp3) is 0.722. The van der Waals surface area contributed by atoms with E-state index in [0.717, 1.165) is 42.0 Å². The van der Waals surface area contributed by atoms with Gasteiger partial charge in [0.15, 0.2) is 0 Å². The van der Waals surface area contributed by atoms with Gasteiger partial charge in [0, 0.05) is 18.8 Å². The lowest BCUT2D eigenvalue weighted by Crippen LogP contribution is -2.42. The van der Waals surface area contributed by atoms with Crippen LogP contribution in [0.4, 0.5) is 5.82 Å². The first-order chi connectivity index (χ1) is 10.2. The molecule has 21 heavy (non-hydrogen) atoms. The van der Waals surface area contributed by atoms with Crippen molar-refractivity contribution in [3.05, 3.63) is 23.4 Å². The summed E-state index contributed by atoms with van der Waals surface area (Å²) in [6.07, 6.45) is 6.96. The minimum absolute atomic E-state index is 0.106. The molecule has 1 aliphatic heterocycles. The molecule has 2 heterocycles. The SMILES string of the molecule is CC(C)c1cc(CO)cc(N2CCC3CCCCC3C2)n1. The van der Waals surface area contributed by atoms with Gasteiger partial charge in [0.2, 0.25) is 0 Å². The number of aliphatic hydroxyl groups excluding tert-OH is 1. The summed E-state index contributed by atoms with van der Waals surface area (Å²) in [5, 5.41) is 9.51. The van der Waals surface area contributed by atoms with Gasteiger partial charge in [-0.25, -0.2) is 4.98 Å². The summed E-state index contributed by atoms with van der Waals surface area (Å²) in [7, 11) is 0. The van der Waals surface area contributed by atoms with E-state index in [4.69, 9.17) is 4.98 Å². The van der Waals surface area contributed by atoms with E-state index in [1.807, 2.05) is 6.07 Å². The van der Waals surface area contributed by atoms with Crippen molar-refractivity contribution in [3.63, 3.8) is 0 Å². The van der Waals surface area contributed by atoms with Crippen molar-refractivity contribution < 1.29 is 5.11 Å². The molecule has 0 spiro atoms. The Bertz CT molecular complexity index is 486. The molecule has 1 saturated heterocycles. The molecule has 0 amide bonds. The molecule has 1 saturated carbocycles. The molecule has 116 valence electrons. The number of fused-ring (bicyclic) bond motifs is 1. The first-order valence-electron chi connectivity index (χ1n) is 8.54. The molecular weight excluding hydrogens is 260 g/mol. The summed E-state index contributed by atoms with van der Waals surface area (Å²) < 4.78 is 0. The Morgan fingerprint density at radius 1 is 1.19 bits per heavy atom. The second kappa shape index (κ2) is 6.35. The minimum atomic E-state index is 0.106. The first-order valence-corrected chi connectivity index (χ1v) is 8.54. The van der Waals surface area contributed by atoms with Gasteiger partial charge in [-0.2, -0.15) is 0 Å². The Morgan fingerprint density at radius 3 is 2.67 bits per heavy atom. The second-order valence-corrected chi connectivity index (χ2v) is 7.11. The van der Waals surface area contributed by atoms with Crippen LogP contribution in [0.2, 0.25) is 0 Å². The van der Waals surface area contributed by atoms with Crippen molar-refractivity contribution in [2.75, 3.05) is 18.0 Å². The van der Waals surface area contributed by atoms with Crippen LogP contribution in [0.5, 0.6) is 0 Å². The standard InChI is InChI=1S/C18H28N2O/c1-13(2)17-9-14(12-21)10-18(19-17)20-8-7-15-5-3-4-6-16(15)11-20/h9-10,13,15-16,21H,3-8,11-12H2,1-2H3. The highest BCUT2D eigenvalue weighted by Gasteiger charge is 2.31. The lowest BCUT2D eigenvalue weighted by molar-refractivity contribution is 0.202. The predicted octanol–water partition coefficient (Wildman–Crippen LogP) is 3.71. The van der Waals surface area contributed by atoms with Crippen molar-refractivity contribution in [1.29, 1.82) is 0 Å². The topological polar surface area (TPSA) is 36.4 Å². The number of aliphatic hydroxyl groups is 1. The van der Waals surface area contributed by atoms with Gasteiger partial charge in [0.1, 0.15) is 5.82 Å². The summed E-state index contributed by atoms with van der Waals surface area (Å²) >= 11 is 0. The molecule has 0 aromatic carbocycles. The lowest BCUT2D eigenvalue weighted by Gasteiger charge is -2.42. The molecule has 3 rings (SSSR count). The molecule has 2 fully saturated rings. The van der Waals surface area contributed by atoms with E-state index in [2.05, 4.69) is 24.8 Å². The highest BCUT2D eigenvalue weighted by molar-refractivity contribution is 5.44. The lowest BCUT2D eigenvalue weighted by atomic mass is 9.75. The Balaban J connectivity index is 1.81. The molecule has 2 aliphatic rings. The molecule has 1 aromatic heterocycles. The zero-order valence-electron chi connectivity index (χ0n) is 13.4. The quantitative estimate of drug-likeness (QED) is 0.921. The molecule has 2 atom stereocenters. The minimum Gasteiger partial charge on any atom is -0.392 e. The summed E-state index contributed by atoms with van der Waals surface area (Å²) in [5.41, 5.74) is 2.09. The molecule has 1 aromatic rings. The van der Waals surface area contributed by atoms with Crippen molar-refractivity contribution in [2.24, 2.45) is 11.8 Å². The van der Waals surface area contributed by atoms with Crippen LogP contribution in [0, 0.1) is 11.8 Å². The zero-order valence-corrected chi connectivity index (χ0v) is 13.4. The molecule has 1 N–H and O–H groups in total. The molecule has 3 nitrogen and oxygen atoms in total. The zero-order chi connectivity index (χ0) is 14.8. The van der Waals surface area contributed by atoms with E-state index >= 15 is 0 Å². The summed E-state index contributed by atoms with van der Waals surface area (Å²) in [6.45, 7) is 6.72. The highest BCUT2D eigenvalue weighted by atomic mass is 16.3. The Kier molecular flexibility index (Phi) is 4.48. The maximum absolute atomic E-state index is 9.51. The Hall–Kier alpha value is -1.09. The average molecular weight is 288 g/mol. The van der Waals surface area contributed by atoms with E-state index < -0.39 is 0 Å². The summed E-state index contributed by atoms with van der Waals surface area (Å²) in [6, 6.07) is 4.12. The fourth-order valence-electron chi connectivity index (χ4n) is 3.95. The monoisotopic (exact) mass is 288 g/mol. The summed E-state index contributed by atoms with van der Waals surface area (Å²) in [4.78, 5) is 7.31. The van der Waals surface area contributed by atoms with Crippen LogP contribution in [0.15, 0.2) is 12.1 Å². The second-order valence-electron chi connectivity index (χ2n) is 7.11. The predicted molar refractivity (Wildman–Crippen MR) is 86.5 cm³/mol. The third-order valence-corrected chi connectivity index (χ3v) is 5.28. The van der Waals surface area contributed by atoms with Crippen LogP contribution in [0.3, 0.4) is 0 Å². The van der Waals surface area contributed by atoms with Gasteiger partial charge in [-0.05, 0) is 48.3 Å². The van der Waals surface area contributed by atoms with Gasteiger partial charge < -0.3 is 10.0 Å². The number of pyridine rings is 1. The molecular formula is C18H28N2O. The van der Waals surface area contributed by atoms with E-state index in [1.165, 1.54) is 32.1 Å². The van der Waals surface area contributed by atoms with Gasteiger partial charge >= 0.3 is 0 Å². The fourth-order valence-corrected chi connectivity index (χ4v) is 3.95. The third kappa shape index (κ3) is 3.23. The Labute approximate surface area is 128 Å². The van der Waals surface area contributed by atoms with Gasteiger partial charge in [0.25, 0.3) is 0 Å². The van der Waals surface area contributed by atoms with E-state index in [9.17, 15) is 5.11 Å². The van der Waals surface area contributed by atoms with Crippen molar-refractivity contribution >= 4 is 5.82 Å². The molecule has 2 unspecified atom stereocenters. The smallest absolute Gasteiger partial charge is 0.129 e. The number of rotatable bonds is 3. The molecule has 3 heteroatoms. The third-order valence-electron chi connectivity index (χ3n) is 5.28. The van der Waals surface area contributed by atoms with Gasteiger partial charge in [0.05, 0.1) is 6.61 Å². The maximum Gasteiger partial charge on any atom is 0.129 e. The van der Waals surface area contributed by atoms with Crippen LogP contribution in [0.25, 0.3) is 0 Å². The van der Waals surface area contributed by atoms with Gasteiger partial charge in [-0.15, -0.1) is 0 Å². The van der Waals surface area contributed by atoms with Crippen molar-refractivity contribution in [3.8, 4) is 0 Å². The number of nitrogens with zero attached hydrogens (tertiary/aromatic N) is 2. The summed E-state index contributed by atoms with van der Waals surface area (Å²) in [5.74, 6) is 3.28. The molecule has 1 aliphatic carbocycles. The number of hydrogen-bond donors (Lipinski definition) is 1. The average Bonchev–Trinajstić information content (AvgIpc) is 2.53. The van der Waals surface area contributed by atoms with E-state index in [1.54, 1.807) is 0 Å². The van der Waals surface area contributed by atoms with E-state index in [-0.39, 0.29) is 6.61 Å². The molecule has 0 bridgehead atoms. The maximum atomic E-state index is 9.51. The van der Waals surface area contributed by atoms with E-state index in [0.29, 0.717) is 5.92 Å². The van der Waals surface area contributed by atoms with Crippen LogP contribution in [-0.2, 0) is 6.61 Å². The highest BCUT2D eigenvalue weighted by Crippen LogP contribution is 2.37. The van der Waals surface area contributed by atoms with Gasteiger partial charge in [-0.3, -0.25) is 0 Å².